The topological polar surface area (TPSA) is 89.1 Å². The van der Waals surface area contributed by atoms with Crippen LogP contribution in [0.2, 0.25) is 0 Å². The highest BCUT2D eigenvalue weighted by atomic mass is 16.5. The lowest BCUT2D eigenvalue weighted by Gasteiger charge is -1.96. The van der Waals surface area contributed by atoms with E-state index in [2.05, 4.69) is 19.6 Å². The average Bonchev–Trinajstić information content (AvgIpc) is 2.67. The van der Waals surface area contributed by atoms with Crippen molar-refractivity contribution in [2.75, 3.05) is 0 Å². The van der Waals surface area contributed by atoms with Gasteiger partial charge in [0.2, 0.25) is 5.82 Å². The van der Waals surface area contributed by atoms with E-state index in [0.717, 1.165) is 5.56 Å². The largest absolute Gasteiger partial charge is 0.474 e. The molecule has 2 rings (SSSR count). The van der Waals surface area contributed by atoms with E-state index in [1.165, 1.54) is 0 Å². The van der Waals surface area contributed by atoms with Gasteiger partial charge in [0.15, 0.2) is 0 Å². The maximum atomic E-state index is 10.5. The monoisotopic (exact) mass is 205 g/mol. The summed E-state index contributed by atoms with van der Waals surface area (Å²) in [7, 11) is 0. The fourth-order valence-electron chi connectivity index (χ4n) is 1.14. The molecule has 0 radical (unpaired) electrons. The van der Waals surface area contributed by atoms with Crippen molar-refractivity contribution in [3.05, 3.63) is 29.9 Å². The molecule has 0 spiro atoms. The van der Waals surface area contributed by atoms with Crippen LogP contribution in [0.3, 0.4) is 0 Å². The minimum absolute atomic E-state index is 0.257. The lowest BCUT2D eigenvalue weighted by Crippen LogP contribution is -1.95. The second kappa shape index (κ2) is 3.49. The van der Waals surface area contributed by atoms with E-state index in [9.17, 15) is 4.79 Å². The number of hydrogen-bond donors (Lipinski definition) is 1. The van der Waals surface area contributed by atoms with E-state index < -0.39 is 11.9 Å². The van der Waals surface area contributed by atoms with Crippen LogP contribution in [0.5, 0.6) is 0 Å². The molecule has 6 heteroatoms. The molecule has 0 bridgehead atoms. The van der Waals surface area contributed by atoms with Crippen molar-refractivity contribution in [3.63, 3.8) is 0 Å². The fraction of sp³-hybridized carbons (Fsp3) is 0.111. The minimum atomic E-state index is -1.24. The molecule has 2 aromatic heterocycles. The summed E-state index contributed by atoms with van der Waals surface area (Å²) in [6.45, 7) is 1.83. The van der Waals surface area contributed by atoms with Crippen molar-refractivity contribution in [2.45, 2.75) is 6.92 Å². The number of nitrogens with zero attached hydrogens (tertiary/aromatic N) is 3. The molecule has 6 nitrogen and oxygen atoms in total. The number of pyridine rings is 1. The Morgan fingerprint density at radius 1 is 1.53 bits per heavy atom. The van der Waals surface area contributed by atoms with E-state index in [1.807, 2.05) is 6.92 Å². The number of aromatic carboxylic acids is 1. The van der Waals surface area contributed by atoms with Crippen LogP contribution in [0.15, 0.2) is 23.0 Å². The Bertz CT molecular complexity index is 507. The lowest BCUT2D eigenvalue weighted by atomic mass is 10.1. The summed E-state index contributed by atoms with van der Waals surface area (Å²) in [5.41, 5.74) is 1.57. The molecule has 76 valence electrons. The third kappa shape index (κ3) is 1.69. The zero-order valence-corrected chi connectivity index (χ0v) is 7.84. The van der Waals surface area contributed by atoms with Gasteiger partial charge < -0.3 is 9.63 Å². The van der Waals surface area contributed by atoms with E-state index in [1.54, 1.807) is 18.5 Å². The smallest absolute Gasteiger partial charge is 0.394 e. The summed E-state index contributed by atoms with van der Waals surface area (Å²) in [4.78, 5) is 18.2. The Morgan fingerprint density at radius 2 is 2.33 bits per heavy atom. The molecule has 2 aromatic rings. The van der Waals surface area contributed by atoms with Crippen molar-refractivity contribution in [2.24, 2.45) is 0 Å². The van der Waals surface area contributed by atoms with Crippen LogP contribution in [-0.2, 0) is 0 Å². The molecule has 0 aromatic carbocycles. The molecule has 0 aliphatic rings. The summed E-state index contributed by atoms with van der Waals surface area (Å²) in [6.07, 6.45) is 3.23. The van der Waals surface area contributed by atoms with Crippen LogP contribution in [0.4, 0.5) is 0 Å². The Balaban J connectivity index is 2.46. The molecule has 1 N–H and O–H groups in total. The molecule has 0 amide bonds. The van der Waals surface area contributed by atoms with Gasteiger partial charge in [-0.25, -0.2) is 4.79 Å². The third-order valence-electron chi connectivity index (χ3n) is 1.87. The zero-order valence-electron chi connectivity index (χ0n) is 7.84. The molecule has 0 aliphatic carbocycles. The fourth-order valence-corrected chi connectivity index (χ4v) is 1.14. The van der Waals surface area contributed by atoms with Gasteiger partial charge in [-0.15, -0.1) is 0 Å². The number of rotatable bonds is 2. The average molecular weight is 205 g/mol. The summed E-state index contributed by atoms with van der Waals surface area (Å²) in [5, 5.41) is 12.2. The van der Waals surface area contributed by atoms with E-state index in [4.69, 9.17) is 5.11 Å². The van der Waals surface area contributed by atoms with Gasteiger partial charge in [-0.05, 0) is 18.6 Å². The van der Waals surface area contributed by atoms with Crippen molar-refractivity contribution in [3.8, 4) is 11.4 Å². The molecule has 0 aliphatic heterocycles. The standard InChI is InChI=1S/C9H7N3O3/c1-5-4-10-3-2-6(5)7-11-8(9(13)14)15-12-7/h2-4H,1H3,(H,13,14). The summed E-state index contributed by atoms with van der Waals surface area (Å²) < 4.78 is 4.55. The first-order chi connectivity index (χ1) is 7.18. The van der Waals surface area contributed by atoms with Crippen molar-refractivity contribution in [1.29, 1.82) is 0 Å². The first-order valence-electron chi connectivity index (χ1n) is 4.16. The summed E-state index contributed by atoms with van der Waals surface area (Å²) in [6, 6.07) is 1.70. The van der Waals surface area contributed by atoms with Gasteiger partial charge >= 0.3 is 11.9 Å². The highest BCUT2D eigenvalue weighted by molar-refractivity contribution is 5.82. The van der Waals surface area contributed by atoms with Crippen LogP contribution in [0, 0.1) is 6.92 Å². The summed E-state index contributed by atoms with van der Waals surface area (Å²) in [5.74, 6) is -1.39. The van der Waals surface area contributed by atoms with Crippen LogP contribution in [0.1, 0.15) is 16.2 Å². The van der Waals surface area contributed by atoms with Gasteiger partial charge in [0.25, 0.3) is 0 Å². The predicted molar refractivity (Wildman–Crippen MR) is 49.2 cm³/mol. The number of aromatic nitrogens is 3. The molecular weight excluding hydrogens is 198 g/mol. The van der Waals surface area contributed by atoms with E-state index in [-0.39, 0.29) is 5.82 Å². The van der Waals surface area contributed by atoms with Crippen molar-refractivity contribution >= 4 is 5.97 Å². The molecule has 0 unspecified atom stereocenters. The van der Waals surface area contributed by atoms with Gasteiger partial charge in [0, 0.05) is 18.0 Å². The lowest BCUT2D eigenvalue weighted by molar-refractivity contribution is 0.0643. The quantitative estimate of drug-likeness (QED) is 0.790. The Kier molecular flexibility index (Phi) is 2.17. The number of aryl methyl sites for hydroxylation is 1. The van der Waals surface area contributed by atoms with Gasteiger partial charge in [-0.1, -0.05) is 5.16 Å². The number of carbonyl (C=O) groups is 1. The van der Waals surface area contributed by atoms with Gasteiger partial charge in [-0.2, -0.15) is 4.98 Å². The molecule has 0 atom stereocenters. The normalized spacial score (nSPS) is 10.2. The SMILES string of the molecule is Cc1cnccc1-c1noc(C(=O)O)n1. The van der Waals surface area contributed by atoms with Gasteiger partial charge in [-0.3, -0.25) is 4.98 Å². The predicted octanol–water partition coefficient (Wildman–Crippen LogP) is 1.14. The Labute approximate surface area is 84.6 Å². The highest BCUT2D eigenvalue weighted by Gasteiger charge is 2.15. The molecule has 0 saturated carbocycles. The van der Waals surface area contributed by atoms with Gasteiger partial charge in [0.05, 0.1) is 0 Å². The van der Waals surface area contributed by atoms with Crippen LogP contribution in [0.25, 0.3) is 11.4 Å². The van der Waals surface area contributed by atoms with Crippen molar-refractivity contribution in [1.82, 2.24) is 15.1 Å². The van der Waals surface area contributed by atoms with E-state index >= 15 is 0 Å². The van der Waals surface area contributed by atoms with E-state index in [0.29, 0.717) is 5.56 Å². The number of carboxylic acids is 1. The second-order valence-electron chi connectivity index (χ2n) is 2.92. The van der Waals surface area contributed by atoms with Crippen molar-refractivity contribution < 1.29 is 14.4 Å². The van der Waals surface area contributed by atoms with Crippen LogP contribution < -0.4 is 0 Å². The number of hydrogen-bond acceptors (Lipinski definition) is 5. The Morgan fingerprint density at radius 3 is 2.93 bits per heavy atom. The summed E-state index contributed by atoms with van der Waals surface area (Å²) >= 11 is 0. The van der Waals surface area contributed by atoms with Crippen LogP contribution >= 0.6 is 0 Å². The minimum Gasteiger partial charge on any atom is -0.474 e. The highest BCUT2D eigenvalue weighted by Crippen LogP contribution is 2.18. The second-order valence-corrected chi connectivity index (χ2v) is 2.92. The van der Waals surface area contributed by atoms with Gasteiger partial charge in [0.1, 0.15) is 0 Å². The maximum absolute atomic E-state index is 10.5. The molecule has 0 fully saturated rings. The molecule has 15 heavy (non-hydrogen) atoms. The number of carboxylic acid groups (broad SMARTS) is 1. The molecule has 0 saturated heterocycles. The first-order valence-corrected chi connectivity index (χ1v) is 4.16. The molecule has 2 heterocycles. The third-order valence-corrected chi connectivity index (χ3v) is 1.87. The first kappa shape index (κ1) is 9.32. The maximum Gasteiger partial charge on any atom is 0.394 e. The van der Waals surface area contributed by atoms with Crippen LogP contribution in [-0.4, -0.2) is 26.2 Å². The zero-order chi connectivity index (χ0) is 10.8. The molecular formula is C9H7N3O3. The Hall–Kier alpha value is -2.24.